The van der Waals surface area contributed by atoms with E-state index in [1.165, 1.54) is 0 Å². The van der Waals surface area contributed by atoms with Crippen molar-refractivity contribution >= 4 is 21.8 Å². The van der Waals surface area contributed by atoms with Crippen molar-refractivity contribution in [3.8, 4) is 5.75 Å². The van der Waals surface area contributed by atoms with Crippen LogP contribution < -0.4 is 15.4 Å². The lowest BCUT2D eigenvalue weighted by atomic mass is 10.1. The molecular weight excluding hydrogens is 353 g/mol. The first-order chi connectivity index (χ1) is 9.85. The average Bonchev–Trinajstić information content (AvgIpc) is 2.82. The average molecular weight is 367 g/mol. The summed E-state index contributed by atoms with van der Waals surface area (Å²) >= 11 is 3.38. The first kappa shape index (κ1) is 16.1. The number of ether oxygens (including phenoxy) is 1. The van der Waals surface area contributed by atoms with Gasteiger partial charge in [0.05, 0.1) is 19.7 Å². The molecule has 0 atom stereocenters. The first-order valence-corrected chi connectivity index (χ1v) is 7.13. The van der Waals surface area contributed by atoms with Gasteiger partial charge in [0.15, 0.2) is 0 Å². The lowest BCUT2D eigenvalue weighted by molar-refractivity contribution is -0.128. The topological polar surface area (TPSA) is 50.4 Å². The molecule has 116 valence electrons. The molecule has 0 aliphatic carbocycles. The van der Waals surface area contributed by atoms with Crippen LogP contribution in [0.1, 0.15) is 11.1 Å². The molecule has 0 aromatic heterocycles. The molecule has 0 saturated carbocycles. The predicted molar refractivity (Wildman–Crippen MR) is 74.1 cm³/mol. The van der Waals surface area contributed by atoms with Crippen LogP contribution in [-0.4, -0.2) is 31.8 Å². The third kappa shape index (κ3) is 4.89. The highest BCUT2D eigenvalue weighted by Gasteiger charge is 2.26. The van der Waals surface area contributed by atoms with E-state index in [4.69, 9.17) is 4.74 Å². The van der Waals surface area contributed by atoms with Gasteiger partial charge in [0.2, 0.25) is 5.91 Å². The summed E-state index contributed by atoms with van der Waals surface area (Å²) in [6.07, 6.45) is -3.51. The minimum Gasteiger partial charge on any atom is -0.493 e. The SMILES string of the molecule is O=C(CNCC(F)(F)F)NCc1cc(Br)cc2c1OCC2. The van der Waals surface area contributed by atoms with E-state index in [9.17, 15) is 18.0 Å². The van der Waals surface area contributed by atoms with E-state index in [0.717, 1.165) is 27.8 Å². The summed E-state index contributed by atoms with van der Waals surface area (Å²) in [5.41, 5.74) is 1.87. The second-order valence-corrected chi connectivity index (χ2v) is 5.56. The minimum absolute atomic E-state index is 0.217. The maximum atomic E-state index is 11.9. The Morgan fingerprint density at radius 3 is 2.86 bits per heavy atom. The molecule has 1 aromatic carbocycles. The zero-order valence-corrected chi connectivity index (χ0v) is 12.6. The van der Waals surface area contributed by atoms with Gasteiger partial charge >= 0.3 is 6.18 Å². The molecule has 21 heavy (non-hydrogen) atoms. The number of nitrogens with one attached hydrogen (secondary N) is 2. The number of fused-ring (bicyclic) bond motifs is 1. The predicted octanol–water partition coefficient (Wildman–Crippen LogP) is 2.15. The number of carbonyl (C=O) groups is 1. The van der Waals surface area contributed by atoms with Crippen molar-refractivity contribution in [3.05, 3.63) is 27.7 Å². The van der Waals surface area contributed by atoms with Gasteiger partial charge in [0.25, 0.3) is 0 Å². The summed E-state index contributed by atoms with van der Waals surface area (Å²) < 4.78 is 42.2. The fourth-order valence-electron chi connectivity index (χ4n) is 2.05. The van der Waals surface area contributed by atoms with Gasteiger partial charge in [-0.25, -0.2) is 0 Å². The van der Waals surface area contributed by atoms with Crippen LogP contribution in [0.15, 0.2) is 16.6 Å². The highest BCUT2D eigenvalue weighted by Crippen LogP contribution is 2.32. The molecule has 0 bridgehead atoms. The zero-order valence-electron chi connectivity index (χ0n) is 11.0. The second-order valence-electron chi connectivity index (χ2n) is 4.65. The maximum Gasteiger partial charge on any atom is 0.401 e. The lowest BCUT2D eigenvalue weighted by Crippen LogP contribution is -2.38. The van der Waals surface area contributed by atoms with Crippen molar-refractivity contribution < 1.29 is 22.7 Å². The minimum atomic E-state index is -4.32. The smallest absolute Gasteiger partial charge is 0.401 e. The quantitative estimate of drug-likeness (QED) is 0.839. The van der Waals surface area contributed by atoms with Crippen LogP contribution in [-0.2, 0) is 17.8 Å². The van der Waals surface area contributed by atoms with E-state index < -0.39 is 18.6 Å². The van der Waals surface area contributed by atoms with E-state index in [1.54, 1.807) is 0 Å². The van der Waals surface area contributed by atoms with Crippen molar-refractivity contribution in [2.45, 2.75) is 19.1 Å². The Morgan fingerprint density at radius 1 is 1.38 bits per heavy atom. The van der Waals surface area contributed by atoms with E-state index >= 15 is 0 Å². The number of carbonyl (C=O) groups excluding carboxylic acids is 1. The number of rotatable bonds is 5. The van der Waals surface area contributed by atoms with Crippen LogP contribution in [0.4, 0.5) is 13.2 Å². The summed E-state index contributed by atoms with van der Waals surface area (Å²) in [5.74, 6) is 0.257. The molecule has 4 nitrogen and oxygen atoms in total. The molecule has 1 heterocycles. The maximum absolute atomic E-state index is 11.9. The lowest BCUT2D eigenvalue weighted by Gasteiger charge is -2.11. The number of amides is 1. The van der Waals surface area contributed by atoms with Crippen LogP contribution in [0.5, 0.6) is 5.75 Å². The van der Waals surface area contributed by atoms with Gasteiger partial charge in [-0.3, -0.25) is 4.79 Å². The molecular formula is C13H14BrF3N2O2. The third-order valence-corrected chi connectivity index (χ3v) is 3.37. The van der Waals surface area contributed by atoms with E-state index in [0.29, 0.717) is 6.61 Å². The highest BCUT2D eigenvalue weighted by atomic mass is 79.9. The number of halogens is 4. The molecule has 1 aliphatic rings. The normalized spacial score (nSPS) is 13.7. The highest BCUT2D eigenvalue weighted by molar-refractivity contribution is 9.10. The third-order valence-electron chi connectivity index (χ3n) is 2.91. The van der Waals surface area contributed by atoms with Crippen molar-refractivity contribution in [1.82, 2.24) is 10.6 Å². The number of benzene rings is 1. The summed E-state index contributed by atoms with van der Waals surface area (Å²) in [6, 6.07) is 3.78. The van der Waals surface area contributed by atoms with Crippen molar-refractivity contribution in [2.24, 2.45) is 0 Å². The first-order valence-electron chi connectivity index (χ1n) is 6.33. The molecule has 0 spiro atoms. The molecule has 2 N–H and O–H groups in total. The molecule has 0 saturated heterocycles. The van der Waals surface area contributed by atoms with E-state index in [2.05, 4.69) is 21.2 Å². The summed E-state index contributed by atoms with van der Waals surface area (Å²) in [4.78, 5) is 11.5. The van der Waals surface area contributed by atoms with Crippen molar-refractivity contribution in [1.29, 1.82) is 0 Å². The Balaban J connectivity index is 1.85. The molecule has 1 aromatic rings. The fourth-order valence-corrected chi connectivity index (χ4v) is 2.60. The molecule has 1 aliphatic heterocycles. The van der Waals surface area contributed by atoms with Gasteiger partial charge in [0.1, 0.15) is 5.75 Å². The van der Waals surface area contributed by atoms with Gasteiger partial charge in [-0.05, 0) is 17.7 Å². The van der Waals surface area contributed by atoms with Crippen LogP contribution in [0.3, 0.4) is 0 Å². The second kappa shape index (κ2) is 6.65. The standard InChI is InChI=1S/C13H14BrF3N2O2/c14-10-3-8-1-2-21-12(8)9(4-10)5-19-11(20)6-18-7-13(15,16)17/h3-4,18H,1-2,5-7H2,(H,19,20). The molecule has 2 rings (SSSR count). The number of hydrogen-bond donors (Lipinski definition) is 2. The van der Waals surface area contributed by atoms with Crippen molar-refractivity contribution in [3.63, 3.8) is 0 Å². The Bertz CT molecular complexity index is 535. The van der Waals surface area contributed by atoms with Crippen LogP contribution >= 0.6 is 15.9 Å². The fraction of sp³-hybridized carbons (Fsp3) is 0.462. The number of hydrogen-bond acceptors (Lipinski definition) is 3. The Hall–Kier alpha value is -1.28. The Labute approximate surface area is 128 Å². The molecule has 1 amide bonds. The monoisotopic (exact) mass is 366 g/mol. The van der Waals surface area contributed by atoms with Gasteiger partial charge in [-0.1, -0.05) is 15.9 Å². The van der Waals surface area contributed by atoms with Gasteiger partial charge in [0, 0.05) is 23.0 Å². The molecule has 0 radical (unpaired) electrons. The molecule has 8 heteroatoms. The van der Waals surface area contributed by atoms with Gasteiger partial charge in [-0.15, -0.1) is 0 Å². The Kier molecular flexibility index (Phi) is 5.10. The summed E-state index contributed by atoms with van der Waals surface area (Å²) in [7, 11) is 0. The van der Waals surface area contributed by atoms with Crippen LogP contribution in [0.2, 0.25) is 0 Å². The largest absolute Gasteiger partial charge is 0.493 e. The summed E-state index contributed by atoms with van der Waals surface area (Å²) in [6.45, 7) is -0.749. The van der Waals surface area contributed by atoms with Crippen molar-refractivity contribution in [2.75, 3.05) is 19.7 Å². The molecule has 0 fully saturated rings. The zero-order chi connectivity index (χ0) is 15.5. The van der Waals surface area contributed by atoms with Crippen LogP contribution in [0.25, 0.3) is 0 Å². The van der Waals surface area contributed by atoms with E-state index in [-0.39, 0.29) is 13.1 Å². The van der Waals surface area contributed by atoms with Crippen LogP contribution in [0, 0.1) is 0 Å². The Morgan fingerprint density at radius 2 is 2.14 bits per heavy atom. The number of alkyl halides is 3. The molecule has 0 unspecified atom stereocenters. The van der Waals surface area contributed by atoms with Gasteiger partial charge in [-0.2, -0.15) is 13.2 Å². The van der Waals surface area contributed by atoms with Gasteiger partial charge < -0.3 is 15.4 Å². The summed E-state index contributed by atoms with van der Waals surface area (Å²) in [5, 5.41) is 4.62. The van der Waals surface area contributed by atoms with E-state index in [1.807, 2.05) is 17.4 Å².